The highest BCUT2D eigenvalue weighted by atomic mass is 16.5. The van der Waals surface area contributed by atoms with Crippen molar-refractivity contribution in [3.63, 3.8) is 0 Å². The molecule has 0 aromatic rings. The second-order valence-corrected chi connectivity index (χ2v) is 1.79. The van der Waals surface area contributed by atoms with Crippen molar-refractivity contribution in [1.82, 2.24) is 0 Å². The van der Waals surface area contributed by atoms with Crippen LogP contribution in [-0.4, -0.2) is 19.0 Å². The van der Waals surface area contributed by atoms with Gasteiger partial charge in [0.2, 0.25) is 0 Å². The lowest BCUT2D eigenvalue weighted by molar-refractivity contribution is 0.217. The quantitative estimate of drug-likeness (QED) is 0.367. The summed E-state index contributed by atoms with van der Waals surface area (Å²) >= 11 is 0. The molecular formula is C5H7BO2. The Morgan fingerprint density at radius 3 is 2.88 bits per heavy atom. The maximum absolute atomic E-state index is 8.34. The minimum Gasteiger partial charge on any atom is -0.512 e. The lowest BCUT2D eigenvalue weighted by Crippen LogP contribution is -2.01. The van der Waals surface area contributed by atoms with Crippen LogP contribution < -0.4 is 0 Å². The van der Waals surface area contributed by atoms with Gasteiger partial charge in [-0.25, -0.2) is 0 Å². The lowest BCUT2D eigenvalue weighted by Gasteiger charge is -2.00. The molecule has 0 bridgehead atoms. The van der Waals surface area contributed by atoms with Gasteiger partial charge < -0.3 is 9.84 Å². The van der Waals surface area contributed by atoms with E-state index in [1.54, 1.807) is 0 Å². The van der Waals surface area contributed by atoms with Crippen molar-refractivity contribution in [3.05, 3.63) is 12.0 Å². The van der Waals surface area contributed by atoms with Gasteiger partial charge in [0.25, 0.3) is 0 Å². The molecule has 1 N–H and O–H groups in total. The fourth-order valence-electron chi connectivity index (χ4n) is 0.692. The molecule has 8 heavy (non-hydrogen) atoms. The fraction of sp³-hybridized carbons (Fsp3) is 0.600. The first kappa shape index (κ1) is 5.54. The maximum atomic E-state index is 8.34. The van der Waals surface area contributed by atoms with Crippen LogP contribution in [0.4, 0.5) is 0 Å². The molecule has 1 rings (SSSR count). The highest BCUT2D eigenvalue weighted by Gasteiger charge is 2.14. The molecule has 42 valence electrons. The minimum atomic E-state index is -0.201. The topological polar surface area (TPSA) is 29.5 Å². The predicted octanol–water partition coefficient (Wildman–Crippen LogP) is 0.691. The fourth-order valence-corrected chi connectivity index (χ4v) is 0.692. The average molecular weight is 110 g/mol. The van der Waals surface area contributed by atoms with Gasteiger partial charge in [-0.15, -0.1) is 0 Å². The van der Waals surface area contributed by atoms with Crippen LogP contribution in [-0.2, 0) is 4.74 Å². The zero-order chi connectivity index (χ0) is 5.98. The van der Waals surface area contributed by atoms with E-state index in [-0.39, 0.29) is 6.00 Å². The Hall–Kier alpha value is -0.595. The third kappa shape index (κ3) is 0.969. The molecule has 1 atom stereocenters. The van der Waals surface area contributed by atoms with Crippen molar-refractivity contribution in [1.29, 1.82) is 0 Å². The summed E-state index contributed by atoms with van der Waals surface area (Å²) < 4.78 is 4.90. The largest absolute Gasteiger partial charge is 0.512 e. The van der Waals surface area contributed by atoms with Gasteiger partial charge in [0, 0.05) is 6.42 Å². The summed E-state index contributed by atoms with van der Waals surface area (Å²) in [6.07, 6.45) is 2.54. The smallest absolute Gasteiger partial charge is 0.129 e. The van der Waals surface area contributed by atoms with Crippen molar-refractivity contribution in [2.75, 3.05) is 0 Å². The summed E-state index contributed by atoms with van der Waals surface area (Å²) in [5, 5.41) is 8.34. The van der Waals surface area contributed by atoms with Crippen molar-refractivity contribution in [3.8, 4) is 0 Å². The standard InChI is InChI=1S/C5H7BO2/c6-5-2-1-4(3-7)8-5/h3,5,7H,1-2H2/b4-3+. The summed E-state index contributed by atoms with van der Waals surface area (Å²) in [4.78, 5) is 0. The molecule has 0 spiro atoms. The molecule has 1 saturated heterocycles. The Morgan fingerprint density at radius 2 is 2.62 bits per heavy atom. The van der Waals surface area contributed by atoms with E-state index in [2.05, 4.69) is 0 Å². The maximum Gasteiger partial charge on any atom is 0.129 e. The normalized spacial score (nSPS) is 33.0. The van der Waals surface area contributed by atoms with Crippen molar-refractivity contribution in [2.24, 2.45) is 0 Å². The van der Waals surface area contributed by atoms with Crippen LogP contribution in [0.2, 0.25) is 0 Å². The van der Waals surface area contributed by atoms with Crippen LogP contribution >= 0.6 is 0 Å². The number of aliphatic hydroxyl groups is 1. The lowest BCUT2D eigenvalue weighted by atomic mass is 9.98. The van der Waals surface area contributed by atoms with Gasteiger partial charge in [-0.2, -0.15) is 0 Å². The number of ether oxygens (including phenoxy) is 1. The highest BCUT2D eigenvalue weighted by molar-refractivity contribution is 6.11. The van der Waals surface area contributed by atoms with Crippen LogP contribution in [0.15, 0.2) is 12.0 Å². The van der Waals surface area contributed by atoms with Crippen molar-refractivity contribution < 1.29 is 9.84 Å². The summed E-state index contributed by atoms with van der Waals surface area (Å²) in [5.74, 6) is 0.595. The monoisotopic (exact) mass is 110 g/mol. The second-order valence-electron chi connectivity index (χ2n) is 1.79. The van der Waals surface area contributed by atoms with Crippen LogP contribution in [0.3, 0.4) is 0 Å². The molecule has 0 aromatic heterocycles. The van der Waals surface area contributed by atoms with Gasteiger partial charge in [-0.1, -0.05) is 0 Å². The van der Waals surface area contributed by atoms with E-state index in [1.807, 2.05) is 0 Å². The molecule has 1 aliphatic heterocycles. The molecule has 1 heterocycles. The van der Waals surface area contributed by atoms with E-state index >= 15 is 0 Å². The van der Waals surface area contributed by atoms with Gasteiger partial charge in [0.05, 0.1) is 6.00 Å². The van der Waals surface area contributed by atoms with Gasteiger partial charge in [-0.05, 0) is 6.42 Å². The number of hydrogen-bond acceptors (Lipinski definition) is 2. The van der Waals surface area contributed by atoms with Crippen molar-refractivity contribution in [2.45, 2.75) is 18.8 Å². The molecule has 2 radical (unpaired) electrons. The van der Waals surface area contributed by atoms with E-state index in [0.29, 0.717) is 5.76 Å². The van der Waals surface area contributed by atoms with Crippen LogP contribution in [0.25, 0.3) is 0 Å². The average Bonchev–Trinajstić information content (AvgIpc) is 2.14. The Bertz CT molecular complexity index is 111. The number of rotatable bonds is 0. The summed E-state index contributed by atoms with van der Waals surface area (Å²) in [7, 11) is 5.33. The van der Waals surface area contributed by atoms with Gasteiger partial charge >= 0.3 is 0 Å². The van der Waals surface area contributed by atoms with Crippen LogP contribution in [0.1, 0.15) is 12.8 Å². The zero-order valence-electron chi connectivity index (χ0n) is 4.50. The molecule has 3 heteroatoms. The third-order valence-corrected chi connectivity index (χ3v) is 1.12. The number of allylic oxidation sites excluding steroid dienone is 1. The molecule has 0 aromatic carbocycles. The first-order valence-corrected chi connectivity index (χ1v) is 2.58. The van der Waals surface area contributed by atoms with E-state index in [4.69, 9.17) is 17.7 Å². The van der Waals surface area contributed by atoms with Crippen LogP contribution in [0, 0.1) is 0 Å². The van der Waals surface area contributed by atoms with Gasteiger partial charge in [0.1, 0.15) is 19.9 Å². The van der Waals surface area contributed by atoms with Gasteiger partial charge in [-0.3, -0.25) is 0 Å². The summed E-state index contributed by atoms with van der Waals surface area (Å²) in [6, 6.07) is -0.201. The molecule has 1 unspecified atom stereocenters. The van der Waals surface area contributed by atoms with E-state index in [1.165, 1.54) is 0 Å². The summed E-state index contributed by atoms with van der Waals surface area (Å²) in [6.45, 7) is 0. The van der Waals surface area contributed by atoms with Crippen molar-refractivity contribution >= 4 is 7.85 Å². The highest BCUT2D eigenvalue weighted by Crippen LogP contribution is 2.19. The molecule has 2 nitrogen and oxygen atoms in total. The molecule has 1 fully saturated rings. The van der Waals surface area contributed by atoms with E-state index in [0.717, 1.165) is 19.1 Å². The zero-order valence-corrected chi connectivity index (χ0v) is 4.50. The Balaban J connectivity index is 2.44. The summed E-state index contributed by atoms with van der Waals surface area (Å²) in [5.41, 5.74) is 0. The molecule has 0 amide bonds. The first-order chi connectivity index (χ1) is 3.83. The van der Waals surface area contributed by atoms with E-state index < -0.39 is 0 Å². The third-order valence-electron chi connectivity index (χ3n) is 1.12. The molecule has 0 aliphatic carbocycles. The minimum absolute atomic E-state index is 0.201. The SMILES string of the molecule is [B]C1CC/C(=C\O)O1. The second kappa shape index (κ2) is 2.12. The number of aliphatic hydroxyl groups excluding tert-OH is 1. The van der Waals surface area contributed by atoms with Gasteiger partial charge in [0.15, 0.2) is 0 Å². The van der Waals surface area contributed by atoms with Crippen LogP contribution in [0.5, 0.6) is 0 Å². The first-order valence-electron chi connectivity index (χ1n) is 2.58. The Kier molecular flexibility index (Phi) is 1.46. The number of hydrogen-bond donors (Lipinski definition) is 1. The molecule has 0 saturated carbocycles. The molecular weight excluding hydrogens is 103 g/mol. The predicted molar refractivity (Wildman–Crippen MR) is 30.6 cm³/mol. The van der Waals surface area contributed by atoms with E-state index in [9.17, 15) is 0 Å². The Labute approximate surface area is 49.6 Å². The Morgan fingerprint density at radius 1 is 1.88 bits per heavy atom. The molecule has 1 aliphatic rings.